The normalized spacial score (nSPS) is 15.5. The minimum Gasteiger partial charge on any atom is -0.344 e. The molecule has 1 aromatic rings. The van der Waals surface area contributed by atoms with Gasteiger partial charge in [-0.2, -0.15) is 0 Å². The lowest BCUT2D eigenvalue weighted by atomic mass is 9.81. The van der Waals surface area contributed by atoms with Crippen molar-refractivity contribution < 1.29 is 0 Å². The highest BCUT2D eigenvalue weighted by atomic mass is 14.2. The highest BCUT2D eigenvalue weighted by Gasteiger charge is 2.16. The summed E-state index contributed by atoms with van der Waals surface area (Å²) < 4.78 is 0. The predicted molar refractivity (Wildman–Crippen MR) is 66.5 cm³/mol. The summed E-state index contributed by atoms with van der Waals surface area (Å²) in [6, 6.07) is 8.93. The fourth-order valence-electron chi connectivity index (χ4n) is 2.24. The molecule has 1 aromatic carbocycles. The molecular weight excluding hydrogens is 182 g/mol. The van der Waals surface area contributed by atoms with Crippen molar-refractivity contribution in [2.24, 2.45) is 5.92 Å². The van der Waals surface area contributed by atoms with Gasteiger partial charge in [-0.05, 0) is 31.2 Å². The van der Waals surface area contributed by atoms with Gasteiger partial charge in [-0.15, -0.1) is 0 Å². The van der Waals surface area contributed by atoms with E-state index in [9.17, 15) is 0 Å². The second-order valence-corrected chi connectivity index (χ2v) is 4.68. The van der Waals surface area contributed by atoms with Crippen LogP contribution in [0.2, 0.25) is 0 Å². The highest BCUT2D eigenvalue weighted by molar-refractivity contribution is 5.22. The van der Waals surface area contributed by atoms with Gasteiger partial charge in [0.1, 0.15) is 0 Å². The summed E-state index contributed by atoms with van der Waals surface area (Å²) in [5.74, 6) is 1.07. The zero-order valence-corrected chi connectivity index (χ0v) is 9.84. The number of hydrogen-bond acceptors (Lipinski definition) is 1. The molecule has 0 amide bonds. The molecule has 3 N–H and O–H groups in total. The highest BCUT2D eigenvalue weighted by Crippen LogP contribution is 2.30. The third-order valence-corrected chi connectivity index (χ3v) is 3.39. The molecular formula is C14H23N. The van der Waals surface area contributed by atoms with Crippen molar-refractivity contribution in [3.63, 3.8) is 0 Å². The van der Waals surface area contributed by atoms with Crippen LogP contribution in [0.5, 0.6) is 0 Å². The second kappa shape index (κ2) is 5.92. The van der Waals surface area contributed by atoms with Gasteiger partial charge in [0.05, 0.1) is 0 Å². The molecule has 1 aliphatic carbocycles. The molecule has 0 saturated heterocycles. The molecule has 1 fully saturated rings. The van der Waals surface area contributed by atoms with Crippen LogP contribution in [0.1, 0.15) is 43.2 Å². The van der Waals surface area contributed by atoms with E-state index >= 15 is 0 Å². The van der Waals surface area contributed by atoms with Crippen molar-refractivity contribution >= 4 is 0 Å². The van der Waals surface area contributed by atoms with E-state index in [4.69, 9.17) is 0 Å². The molecule has 84 valence electrons. The molecule has 0 aromatic heterocycles. The SMILES string of the molecule is Cc1cccc(CCCC2CCC2)c1.N. The van der Waals surface area contributed by atoms with Crippen molar-refractivity contribution in [1.29, 1.82) is 0 Å². The Hall–Kier alpha value is -0.820. The van der Waals surface area contributed by atoms with E-state index in [0.717, 1.165) is 5.92 Å². The third-order valence-electron chi connectivity index (χ3n) is 3.39. The van der Waals surface area contributed by atoms with E-state index in [2.05, 4.69) is 31.2 Å². The Labute approximate surface area is 93.5 Å². The minimum atomic E-state index is 0. The molecule has 1 saturated carbocycles. The van der Waals surface area contributed by atoms with Crippen LogP contribution in [-0.4, -0.2) is 0 Å². The van der Waals surface area contributed by atoms with Crippen LogP contribution in [0.25, 0.3) is 0 Å². The summed E-state index contributed by atoms with van der Waals surface area (Å²) in [4.78, 5) is 0. The average molecular weight is 205 g/mol. The monoisotopic (exact) mass is 205 g/mol. The van der Waals surface area contributed by atoms with Crippen molar-refractivity contribution in [2.45, 2.75) is 45.4 Å². The zero-order chi connectivity index (χ0) is 9.80. The molecule has 1 nitrogen and oxygen atoms in total. The summed E-state index contributed by atoms with van der Waals surface area (Å²) in [6.45, 7) is 2.18. The van der Waals surface area contributed by atoms with Crippen LogP contribution in [0.3, 0.4) is 0 Å². The maximum Gasteiger partial charge on any atom is -0.0279 e. The molecule has 1 heteroatoms. The van der Waals surface area contributed by atoms with E-state index < -0.39 is 0 Å². The molecule has 1 aliphatic rings. The molecule has 0 spiro atoms. The number of benzene rings is 1. The largest absolute Gasteiger partial charge is 0.344 e. The Morgan fingerprint density at radius 1 is 1.27 bits per heavy atom. The lowest BCUT2D eigenvalue weighted by Crippen LogP contribution is -2.10. The summed E-state index contributed by atoms with van der Waals surface area (Å²) in [7, 11) is 0. The molecule has 0 bridgehead atoms. The molecule has 0 heterocycles. The van der Waals surface area contributed by atoms with Gasteiger partial charge in [0.2, 0.25) is 0 Å². The van der Waals surface area contributed by atoms with Crippen molar-refractivity contribution in [3.05, 3.63) is 35.4 Å². The van der Waals surface area contributed by atoms with Crippen LogP contribution in [0, 0.1) is 12.8 Å². The molecule has 0 radical (unpaired) electrons. The molecule has 0 unspecified atom stereocenters. The van der Waals surface area contributed by atoms with E-state index in [1.54, 1.807) is 0 Å². The van der Waals surface area contributed by atoms with Crippen LogP contribution >= 0.6 is 0 Å². The number of aryl methyl sites for hydroxylation is 2. The number of hydrogen-bond donors (Lipinski definition) is 1. The van der Waals surface area contributed by atoms with Gasteiger partial charge in [0.25, 0.3) is 0 Å². The number of rotatable bonds is 4. The summed E-state index contributed by atoms with van der Waals surface area (Å²) in [6.07, 6.45) is 8.58. The molecule has 15 heavy (non-hydrogen) atoms. The topological polar surface area (TPSA) is 35.0 Å². The molecule has 0 aliphatic heterocycles. The second-order valence-electron chi connectivity index (χ2n) is 4.68. The van der Waals surface area contributed by atoms with E-state index in [0.29, 0.717) is 0 Å². The Bertz CT molecular complexity index is 289. The standard InChI is InChI=1S/C14H20.H3N/c1-12-5-2-9-14(11-12)10-4-8-13-6-3-7-13;/h2,5,9,11,13H,3-4,6-8,10H2,1H3;1H3. The zero-order valence-electron chi connectivity index (χ0n) is 9.84. The van der Waals surface area contributed by atoms with Gasteiger partial charge >= 0.3 is 0 Å². The van der Waals surface area contributed by atoms with Crippen LogP contribution in [-0.2, 0) is 6.42 Å². The molecule has 2 rings (SSSR count). The lowest BCUT2D eigenvalue weighted by molar-refractivity contribution is 0.290. The smallest absolute Gasteiger partial charge is 0.0279 e. The van der Waals surface area contributed by atoms with Gasteiger partial charge in [-0.1, -0.05) is 55.5 Å². The van der Waals surface area contributed by atoms with Gasteiger partial charge < -0.3 is 6.15 Å². The van der Waals surface area contributed by atoms with Gasteiger partial charge in [0.15, 0.2) is 0 Å². The first kappa shape index (κ1) is 12.3. The third kappa shape index (κ3) is 3.67. The maximum atomic E-state index is 2.32. The average Bonchev–Trinajstić information content (AvgIpc) is 2.09. The van der Waals surface area contributed by atoms with E-state index in [1.165, 1.54) is 49.7 Å². The minimum absolute atomic E-state index is 0. The molecule has 0 atom stereocenters. The quantitative estimate of drug-likeness (QED) is 0.782. The van der Waals surface area contributed by atoms with Crippen molar-refractivity contribution in [2.75, 3.05) is 0 Å². The fraction of sp³-hybridized carbons (Fsp3) is 0.571. The first-order chi connectivity index (χ1) is 6.84. The van der Waals surface area contributed by atoms with Gasteiger partial charge in [-0.25, -0.2) is 0 Å². The summed E-state index contributed by atoms with van der Waals surface area (Å²) in [5, 5.41) is 0. The summed E-state index contributed by atoms with van der Waals surface area (Å²) >= 11 is 0. The first-order valence-electron chi connectivity index (χ1n) is 5.90. The van der Waals surface area contributed by atoms with Crippen LogP contribution in [0.15, 0.2) is 24.3 Å². The van der Waals surface area contributed by atoms with Crippen LogP contribution in [0.4, 0.5) is 0 Å². The lowest BCUT2D eigenvalue weighted by Gasteiger charge is -2.25. The van der Waals surface area contributed by atoms with Crippen molar-refractivity contribution in [1.82, 2.24) is 6.15 Å². The maximum absolute atomic E-state index is 2.32. The fourth-order valence-corrected chi connectivity index (χ4v) is 2.24. The Balaban J connectivity index is 0.00000112. The Morgan fingerprint density at radius 3 is 2.67 bits per heavy atom. The van der Waals surface area contributed by atoms with Gasteiger partial charge in [0, 0.05) is 0 Å². The summed E-state index contributed by atoms with van der Waals surface area (Å²) in [5.41, 5.74) is 2.91. The Kier molecular flexibility index (Phi) is 4.83. The van der Waals surface area contributed by atoms with Crippen molar-refractivity contribution in [3.8, 4) is 0 Å². The first-order valence-corrected chi connectivity index (χ1v) is 5.90. The predicted octanol–water partition coefficient (Wildman–Crippen LogP) is 4.28. The van der Waals surface area contributed by atoms with Crippen LogP contribution < -0.4 is 6.15 Å². The van der Waals surface area contributed by atoms with E-state index in [1.807, 2.05) is 0 Å². The van der Waals surface area contributed by atoms with Gasteiger partial charge in [-0.3, -0.25) is 0 Å². The van der Waals surface area contributed by atoms with E-state index in [-0.39, 0.29) is 6.15 Å². The Morgan fingerprint density at radius 2 is 2.07 bits per heavy atom.